The first-order valence-electron chi connectivity index (χ1n) is 3.45. The zero-order valence-electron chi connectivity index (χ0n) is 7.10. The first kappa shape index (κ1) is 9.74. The average molecular weight is 247 g/mol. The average Bonchev–Trinajstić information content (AvgIpc) is 1.94. The molecule has 1 unspecified atom stereocenters. The highest BCUT2D eigenvalue weighted by molar-refractivity contribution is 9.10. The molecule has 4 heteroatoms. The molecule has 2 nitrogen and oxygen atoms in total. The molecular weight excluding hydrogens is 236 g/mol. The number of hydrogen-bond donors (Lipinski definition) is 1. The summed E-state index contributed by atoms with van der Waals surface area (Å²) in [6.07, 6.45) is 2.03. The Kier molecular flexibility index (Phi) is 3.29. The van der Waals surface area contributed by atoms with Crippen LogP contribution in [0, 0.1) is 6.92 Å². The van der Waals surface area contributed by atoms with Crippen molar-refractivity contribution in [2.75, 3.05) is 11.0 Å². The lowest BCUT2D eigenvalue weighted by Gasteiger charge is -2.08. The highest BCUT2D eigenvalue weighted by Crippen LogP contribution is 2.19. The summed E-state index contributed by atoms with van der Waals surface area (Å²) in [5.74, 6) is 3.87. The van der Waals surface area contributed by atoms with Crippen molar-refractivity contribution in [1.82, 2.24) is 4.98 Å². The highest BCUT2D eigenvalue weighted by atomic mass is 79.9. The number of aryl methyl sites for hydroxylation is 1. The van der Waals surface area contributed by atoms with Crippen LogP contribution in [0.2, 0.25) is 0 Å². The number of nitrogens with one attached hydrogen (secondary N) is 1. The number of pyridine rings is 1. The van der Waals surface area contributed by atoms with E-state index >= 15 is 0 Å². The Bertz CT molecular complexity index is 312. The third-order valence-electron chi connectivity index (χ3n) is 1.34. The van der Waals surface area contributed by atoms with Gasteiger partial charge in [0.05, 0.1) is 11.4 Å². The van der Waals surface area contributed by atoms with Crippen LogP contribution in [0.25, 0.3) is 0 Å². The van der Waals surface area contributed by atoms with Gasteiger partial charge in [0.1, 0.15) is 4.60 Å². The van der Waals surface area contributed by atoms with Crippen LogP contribution in [0.15, 0.2) is 16.7 Å². The molecule has 0 bridgehead atoms. The first-order chi connectivity index (χ1) is 5.59. The van der Waals surface area contributed by atoms with Crippen LogP contribution in [0.4, 0.5) is 5.69 Å². The van der Waals surface area contributed by atoms with Crippen LogP contribution in [-0.4, -0.2) is 17.1 Å². The fourth-order valence-electron chi connectivity index (χ4n) is 0.826. The first-order valence-corrected chi connectivity index (χ1v) is 6.04. The van der Waals surface area contributed by atoms with Gasteiger partial charge in [-0.15, -0.1) is 10.7 Å². The Labute approximate surface area is 83.6 Å². The molecule has 0 aliphatic heterocycles. The van der Waals surface area contributed by atoms with Gasteiger partial charge in [-0.2, -0.15) is 0 Å². The van der Waals surface area contributed by atoms with E-state index < -0.39 is 0 Å². The normalized spacial score (nSPS) is 12.6. The molecule has 1 aromatic heterocycles. The minimum absolute atomic E-state index is 0.0387. The number of aromatic nitrogens is 1. The molecule has 0 radical (unpaired) electrons. The fraction of sp³-hybridized carbons (Fsp3) is 0.250. The van der Waals surface area contributed by atoms with Crippen LogP contribution in [0.3, 0.4) is 0 Å². The topological polar surface area (TPSA) is 24.9 Å². The minimum atomic E-state index is -0.0387. The van der Waals surface area contributed by atoms with E-state index in [2.05, 4.69) is 31.5 Å². The number of nitrogens with zero attached hydrogens (tertiary/aromatic N) is 1. The van der Waals surface area contributed by atoms with E-state index in [9.17, 15) is 0 Å². The summed E-state index contributed by atoms with van der Waals surface area (Å²) < 4.78 is 4.10. The quantitative estimate of drug-likeness (QED) is 0.642. The van der Waals surface area contributed by atoms with E-state index in [1.54, 1.807) is 0 Å². The van der Waals surface area contributed by atoms with Crippen molar-refractivity contribution >= 4 is 38.2 Å². The summed E-state index contributed by atoms with van der Waals surface area (Å²) in [6, 6.07) is 3.92. The van der Waals surface area contributed by atoms with Gasteiger partial charge < -0.3 is 4.72 Å². The largest absolute Gasteiger partial charge is 0.335 e. The molecular formula is C8H11BrN2S. The van der Waals surface area contributed by atoms with E-state index in [4.69, 9.17) is 0 Å². The number of rotatable bonds is 2. The molecule has 0 fully saturated rings. The zero-order chi connectivity index (χ0) is 9.14. The summed E-state index contributed by atoms with van der Waals surface area (Å²) in [7, 11) is -0.0387. The number of anilines is 1. The molecule has 1 N–H and O–H groups in total. The second kappa shape index (κ2) is 4.05. The summed E-state index contributed by atoms with van der Waals surface area (Å²) in [6.45, 7) is 1.97. The van der Waals surface area contributed by atoms with Crippen molar-refractivity contribution < 1.29 is 0 Å². The molecule has 0 aliphatic carbocycles. The lowest BCUT2D eigenvalue weighted by atomic mass is 10.3. The number of halogens is 1. The summed E-state index contributed by atoms with van der Waals surface area (Å²) >= 11 is 3.31. The molecule has 1 aromatic rings. The lowest BCUT2D eigenvalue weighted by molar-refractivity contribution is 1.17. The fourth-order valence-corrected chi connectivity index (χ4v) is 1.82. The Morgan fingerprint density at radius 3 is 2.75 bits per heavy atom. The van der Waals surface area contributed by atoms with Crippen LogP contribution in [-0.2, 0) is 0 Å². The zero-order valence-corrected chi connectivity index (χ0v) is 9.50. The van der Waals surface area contributed by atoms with Gasteiger partial charge >= 0.3 is 0 Å². The predicted octanol–water partition coefficient (Wildman–Crippen LogP) is 2.81. The van der Waals surface area contributed by atoms with Gasteiger partial charge in [-0.25, -0.2) is 4.98 Å². The van der Waals surface area contributed by atoms with Gasteiger partial charge in [-0.05, 0) is 41.2 Å². The molecule has 12 heavy (non-hydrogen) atoms. The van der Waals surface area contributed by atoms with E-state index in [0.29, 0.717) is 0 Å². The van der Waals surface area contributed by atoms with Crippen molar-refractivity contribution in [3.63, 3.8) is 0 Å². The monoisotopic (exact) mass is 246 g/mol. The molecule has 1 rings (SSSR count). The van der Waals surface area contributed by atoms with Gasteiger partial charge in [-0.3, -0.25) is 0 Å². The maximum Gasteiger partial charge on any atom is 0.106 e. The Morgan fingerprint density at radius 1 is 1.58 bits per heavy atom. The third-order valence-corrected chi connectivity index (χ3v) is 2.35. The molecule has 66 valence electrons. The smallest absolute Gasteiger partial charge is 0.106 e. The molecule has 0 spiro atoms. The minimum Gasteiger partial charge on any atom is -0.335 e. The van der Waals surface area contributed by atoms with E-state index in [1.807, 2.05) is 25.3 Å². The molecule has 0 saturated heterocycles. The highest BCUT2D eigenvalue weighted by Gasteiger charge is 1.98. The Morgan fingerprint density at radius 2 is 2.25 bits per heavy atom. The van der Waals surface area contributed by atoms with Crippen LogP contribution >= 0.6 is 26.6 Å². The van der Waals surface area contributed by atoms with Gasteiger partial charge in [0.25, 0.3) is 0 Å². The standard InChI is InChI=1S/C8H11BrN2S/c1-6-7(11-12(2)3)4-5-8(9)10-6/h4-5,11H,2H2,1,3H3. The van der Waals surface area contributed by atoms with Crippen LogP contribution < -0.4 is 4.72 Å². The van der Waals surface area contributed by atoms with Crippen molar-refractivity contribution in [2.45, 2.75) is 6.92 Å². The second-order valence-corrected chi connectivity index (χ2v) is 4.80. The molecule has 0 amide bonds. The predicted molar refractivity (Wildman–Crippen MR) is 60.9 cm³/mol. The van der Waals surface area contributed by atoms with Crippen LogP contribution in [0.5, 0.6) is 0 Å². The second-order valence-electron chi connectivity index (χ2n) is 2.51. The van der Waals surface area contributed by atoms with Crippen molar-refractivity contribution in [3.05, 3.63) is 22.4 Å². The molecule has 0 aliphatic rings. The summed E-state index contributed by atoms with van der Waals surface area (Å²) in [5.41, 5.74) is 2.05. The summed E-state index contributed by atoms with van der Waals surface area (Å²) in [5, 5.41) is 0. The SMILES string of the molecule is C=S(C)Nc1ccc(Br)nc1C. The van der Waals surface area contributed by atoms with Crippen LogP contribution in [0.1, 0.15) is 5.69 Å². The molecule has 0 aromatic carbocycles. The third kappa shape index (κ3) is 2.60. The molecule has 0 saturated carbocycles. The van der Waals surface area contributed by atoms with E-state index in [1.165, 1.54) is 0 Å². The maximum absolute atomic E-state index is 4.26. The van der Waals surface area contributed by atoms with Gasteiger partial charge in [-0.1, -0.05) is 5.87 Å². The van der Waals surface area contributed by atoms with E-state index in [0.717, 1.165) is 16.0 Å². The summed E-state index contributed by atoms with van der Waals surface area (Å²) in [4.78, 5) is 4.26. The molecule has 1 heterocycles. The Balaban J connectivity index is 2.93. The van der Waals surface area contributed by atoms with Gasteiger partial charge in [0.2, 0.25) is 0 Å². The number of hydrogen-bond acceptors (Lipinski definition) is 2. The van der Waals surface area contributed by atoms with Gasteiger partial charge in [0, 0.05) is 0 Å². The van der Waals surface area contributed by atoms with Gasteiger partial charge in [0.15, 0.2) is 0 Å². The van der Waals surface area contributed by atoms with Crippen molar-refractivity contribution in [2.24, 2.45) is 0 Å². The van der Waals surface area contributed by atoms with E-state index in [-0.39, 0.29) is 10.7 Å². The van der Waals surface area contributed by atoms with Crippen molar-refractivity contribution in [1.29, 1.82) is 0 Å². The maximum atomic E-state index is 4.26. The Hall–Kier alpha value is -0.350. The van der Waals surface area contributed by atoms with Crippen molar-refractivity contribution in [3.8, 4) is 0 Å². The lowest BCUT2D eigenvalue weighted by Crippen LogP contribution is -1.93. The molecule has 1 atom stereocenters.